The van der Waals surface area contributed by atoms with Gasteiger partial charge in [-0.25, -0.2) is 0 Å². The maximum atomic E-state index is 12.9. The lowest BCUT2D eigenvalue weighted by molar-refractivity contribution is -0.167. The van der Waals surface area contributed by atoms with Crippen LogP contribution in [0.15, 0.2) is 158 Å². The molecule has 0 amide bonds. The van der Waals surface area contributed by atoms with Gasteiger partial charge in [0.05, 0.1) is 0 Å². The molecule has 0 spiro atoms. The van der Waals surface area contributed by atoms with Crippen LogP contribution in [0.5, 0.6) is 0 Å². The molecule has 6 nitrogen and oxygen atoms in total. The van der Waals surface area contributed by atoms with Crippen LogP contribution in [-0.2, 0) is 28.6 Å². The second-order valence-electron chi connectivity index (χ2n) is 21.6. The molecule has 0 aliphatic carbocycles. The highest BCUT2D eigenvalue weighted by Crippen LogP contribution is 2.14. The standard InChI is InChI=1S/C76H122O6/c1-4-7-10-13-16-19-22-25-28-30-32-34-35-36-37-38-39-40-41-43-44-46-48-51-54-57-60-63-66-69-75(78)81-72-73(71-80-74(77)68-65-62-59-56-53-50-27-24-21-18-15-12-9-6-3)82-76(79)70-67-64-61-58-55-52-49-47-45-42-33-31-29-26-23-20-17-14-11-8-5-2/h7,10,16,19,23-28,31-34,36-37,39-40,43-45,47-48,51,57,60,73H,4-6,8-9,11-15,17-18,20-22,29-30,35,38,41-42,46,49-50,52-56,58-59,61-72H2,1-3H3/b10-7-,19-16-,26-23-,27-24-,28-25-,33-31-,34-32-,37-36-,40-39-,44-43-,47-45-,51-48-,60-57-. The molecule has 0 aliphatic rings. The fraction of sp³-hybridized carbons (Fsp3) is 0.618. The molecule has 0 heterocycles. The van der Waals surface area contributed by atoms with Gasteiger partial charge in [0.15, 0.2) is 6.10 Å². The zero-order valence-corrected chi connectivity index (χ0v) is 52.9. The molecule has 0 rings (SSSR count). The molecule has 0 bridgehead atoms. The van der Waals surface area contributed by atoms with Gasteiger partial charge < -0.3 is 14.2 Å². The molecule has 0 fully saturated rings. The number of rotatable bonds is 59. The Bertz CT molecular complexity index is 1830. The number of allylic oxidation sites excluding steroid dienone is 26. The quantitative estimate of drug-likeness (QED) is 0.0261. The van der Waals surface area contributed by atoms with Crippen molar-refractivity contribution in [3.8, 4) is 0 Å². The highest BCUT2D eigenvalue weighted by molar-refractivity contribution is 5.71. The van der Waals surface area contributed by atoms with Crippen LogP contribution >= 0.6 is 0 Å². The second kappa shape index (κ2) is 68.5. The van der Waals surface area contributed by atoms with E-state index in [9.17, 15) is 14.4 Å². The van der Waals surface area contributed by atoms with Crippen molar-refractivity contribution >= 4 is 17.9 Å². The zero-order chi connectivity index (χ0) is 59.2. The van der Waals surface area contributed by atoms with E-state index in [1.165, 1.54) is 96.3 Å². The first-order valence-corrected chi connectivity index (χ1v) is 33.5. The smallest absolute Gasteiger partial charge is 0.306 e. The van der Waals surface area contributed by atoms with Crippen LogP contribution in [0.1, 0.15) is 284 Å². The number of unbranched alkanes of at least 4 members (excludes halogenated alkanes) is 22. The summed E-state index contributed by atoms with van der Waals surface area (Å²) >= 11 is 0. The van der Waals surface area contributed by atoms with E-state index < -0.39 is 6.10 Å². The van der Waals surface area contributed by atoms with Gasteiger partial charge in [0.2, 0.25) is 0 Å². The minimum absolute atomic E-state index is 0.111. The summed E-state index contributed by atoms with van der Waals surface area (Å²) in [5.74, 6) is -0.995. The number of esters is 3. The van der Waals surface area contributed by atoms with Crippen LogP contribution in [0.3, 0.4) is 0 Å². The Morgan fingerprint density at radius 1 is 0.256 bits per heavy atom. The predicted molar refractivity (Wildman–Crippen MR) is 357 cm³/mol. The Morgan fingerprint density at radius 3 is 0.805 bits per heavy atom. The maximum Gasteiger partial charge on any atom is 0.306 e. The summed E-state index contributed by atoms with van der Waals surface area (Å²) in [5, 5.41) is 0. The van der Waals surface area contributed by atoms with Gasteiger partial charge in [-0.1, -0.05) is 275 Å². The second-order valence-corrected chi connectivity index (χ2v) is 21.6. The van der Waals surface area contributed by atoms with Crippen molar-refractivity contribution in [1.82, 2.24) is 0 Å². The first-order chi connectivity index (χ1) is 40.5. The van der Waals surface area contributed by atoms with Gasteiger partial charge in [0, 0.05) is 19.3 Å². The van der Waals surface area contributed by atoms with Crippen LogP contribution < -0.4 is 0 Å². The molecule has 0 saturated carbocycles. The third kappa shape index (κ3) is 65.8. The Balaban J connectivity index is 4.50. The van der Waals surface area contributed by atoms with Crippen molar-refractivity contribution in [3.63, 3.8) is 0 Å². The van der Waals surface area contributed by atoms with E-state index in [4.69, 9.17) is 14.2 Å². The molecule has 1 atom stereocenters. The van der Waals surface area contributed by atoms with Crippen molar-refractivity contribution in [2.24, 2.45) is 0 Å². The number of hydrogen-bond donors (Lipinski definition) is 0. The lowest BCUT2D eigenvalue weighted by Crippen LogP contribution is -2.30. The third-order valence-electron chi connectivity index (χ3n) is 13.7. The number of hydrogen-bond acceptors (Lipinski definition) is 6. The van der Waals surface area contributed by atoms with Gasteiger partial charge in [-0.2, -0.15) is 0 Å². The molecular formula is C76H122O6. The Labute approximate surface area is 505 Å². The van der Waals surface area contributed by atoms with Crippen molar-refractivity contribution < 1.29 is 28.6 Å². The summed E-state index contributed by atoms with van der Waals surface area (Å²) in [6.07, 6.45) is 99.7. The molecule has 0 radical (unpaired) electrons. The van der Waals surface area contributed by atoms with E-state index >= 15 is 0 Å². The van der Waals surface area contributed by atoms with Crippen LogP contribution in [0, 0.1) is 0 Å². The summed E-state index contributed by atoms with van der Waals surface area (Å²) in [7, 11) is 0. The fourth-order valence-electron chi connectivity index (χ4n) is 8.74. The van der Waals surface area contributed by atoms with Gasteiger partial charge in [-0.05, 0) is 148 Å². The minimum atomic E-state index is -0.821. The van der Waals surface area contributed by atoms with Gasteiger partial charge in [-0.15, -0.1) is 0 Å². The highest BCUT2D eigenvalue weighted by Gasteiger charge is 2.19. The molecule has 462 valence electrons. The number of ether oxygens (including phenoxy) is 3. The van der Waals surface area contributed by atoms with Crippen LogP contribution in [0.4, 0.5) is 0 Å². The minimum Gasteiger partial charge on any atom is -0.462 e. The zero-order valence-electron chi connectivity index (χ0n) is 52.9. The monoisotopic (exact) mass is 1130 g/mol. The van der Waals surface area contributed by atoms with E-state index in [0.717, 1.165) is 141 Å². The van der Waals surface area contributed by atoms with E-state index in [1.54, 1.807) is 0 Å². The van der Waals surface area contributed by atoms with Gasteiger partial charge >= 0.3 is 17.9 Å². The van der Waals surface area contributed by atoms with E-state index in [2.05, 4.69) is 179 Å². The van der Waals surface area contributed by atoms with Crippen molar-refractivity contribution in [2.75, 3.05) is 13.2 Å². The highest BCUT2D eigenvalue weighted by atomic mass is 16.6. The largest absolute Gasteiger partial charge is 0.462 e. The topological polar surface area (TPSA) is 78.9 Å². The Hall–Kier alpha value is -4.97. The molecule has 0 aromatic carbocycles. The summed E-state index contributed by atoms with van der Waals surface area (Å²) < 4.78 is 16.9. The van der Waals surface area contributed by atoms with Gasteiger partial charge in [0.25, 0.3) is 0 Å². The van der Waals surface area contributed by atoms with E-state index in [1.807, 2.05) is 0 Å². The third-order valence-corrected chi connectivity index (χ3v) is 13.7. The molecule has 0 saturated heterocycles. The summed E-state index contributed by atoms with van der Waals surface area (Å²) in [5.41, 5.74) is 0. The number of carbonyl (C=O) groups excluding carboxylic acids is 3. The van der Waals surface area contributed by atoms with Crippen LogP contribution in [0.2, 0.25) is 0 Å². The van der Waals surface area contributed by atoms with Crippen molar-refractivity contribution in [1.29, 1.82) is 0 Å². The van der Waals surface area contributed by atoms with E-state index in [0.29, 0.717) is 19.3 Å². The summed E-state index contributed by atoms with van der Waals surface area (Å²) in [4.78, 5) is 38.3. The molecule has 0 aliphatic heterocycles. The average Bonchev–Trinajstić information content (AvgIpc) is 3.47. The lowest BCUT2D eigenvalue weighted by atomic mass is 10.1. The molecule has 0 N–H and O–H groups in total. The molecular weight excluding hydrogens is 1010 g/mol. The SMILES string of the molecule is CC/C=C\C/C=C\C/C=C\C/C=C\C/C=C\C/C=C\C/C=C\C/C=C\C/C=C\CCCC(=O)OCC(COC(=O)CCCCCCC/C=C\CCCCCCC)OC(=O)CCCCCCCC/C=C\C/C=C\C/C=C\CCCCCCC. The van der Waals surface area contributed by atoms with Crippen molar-refractivity contribution in [3.05, 3.63) is 158 Å². The average molecular weight is 1130 g/mol. The molecule has 0 aromatic heterocycles. The fourth-order valence-corrected chi connectivity index (χ4v) is 8.74. The van der Waals surface area contributed by atoms with Gasteiger partial charge in [0.1, 0.15) is 13.2 Å². The van der Waals surface area contributed by atoms with E-state index in [-0.39, 0.29) is 37.5 Å². The predicted octanol–water partition coefficient (Wildman–Crippen LogP) is 23.3. The maximum absolute atomic E-state index is 12.9. The molecule has 0 aromatic rings. The molecule has 6 heteroatoms. The molecule has 82 heavy (non-hydrogen) atoms. The summed E-state index contributed by atoms with van der Waals surface area (Å²) in [6.45, 7) is 6.44. The Kier molecular flexibility index (Phi) is 64.4. The van der Waals surface area contributed by atoms with Crippen molar-refractivity contribution in [2.45, 2.75) is 290 Å². The lowest BCUT2D eigenvalue weighted by Gasteiger charge is -2.18. The van der Waals surface area contributed by atoms with Crippen LogP contribution in [-0.4, -0.2) is 37.2 Å². The molecule has 1 unspecified atom stereocenters. The first kappa shape index (κ1) is 77.0. The summed E-state index contributed by atoms with van der Waals surface area (Å²) in [6, 6.07) is 0. The number of carbonyl (C=O) groups is 3. The van der Waals surface area contributed by atoms with Crippen LogP contribution in [0.25, 0.3) is 0 Å². The van der Waals surface area contributed by atoms with Gasteiger partial charge in [-0.3, -0.25) is 14.4 Å². The Morgan fingerprint density at radius 2 is 0.488 bits per heavy atom. The normalized spacial score (nSPS) is 13.2. The first-order valence-electron chi connectivity index (χ1n) is 33.5.